The summed E-state index contributed by atoms with van der Waals surface area (Å²) in [5.74, 6) is 5.17. The lowest BCUT2D eigenvalue weighted by atomic mass is 9.99. The first kappa shape index (κ1) is 15.7. The van der Waals surface area contributed by atoms with E-state index in [1.165, 1.54) is 6.07 Å². The third kappa shape index (κ3) is 3.71. The maximum Gasteiger partial charge on any atom is 0.141 e. The number of rotatable bonds is 4. The number of benzene rings is 2. The van der Waals surface area contributed by atoms with Crippen molar-refractivity contribution >= 4 is 39.1 Å². The highest BCUT2D eigenvalue weighted by molar-refractivity contribution is 9.10. The Hall–Kier alpha value is -0.650. The molecule has 6 heteroatoms. The lowest BCUT2D eigenvalue weighted by Gasteiger charge is -2.17. The quantitative estimate of drug-likeness (QED) is 0.601. The molecule has 1 atom stereocenters. The van der Waals surface area contributed by atoms with E-state index < -0.39 is 5.82 Å². The van der Waals surface area contributed by atoms with Crippen LogP contribution in [0, 0.1) is 5.82 Å². The van der Waals surface area contributed by atoms with Crippen molar-refractivity contribution in [1.82, 2.24) is 5.43 Å². The Morgan fingerprint density at radius 1 is 1.15 bits per heavy atom. The van der Waals surface area contributed by atoms with Gasteiger partial charge >= 0.3 is 0 Å². The van der Waals surface area contributed by atoms with Gasteiger partial charge in [0.2, 0.25) is 0 Å². The van der Waals surface area contributed by atoms with E-state index in [1.807, 2.05) is 12.1 Å². The molecule has 3 N–H and O–H groups in total. The van der Waals surface area contributed by atoms with Crippen molar-refractivity contribution in [2.75, 3.05) is 0 Å². The first-order valence-corrected chi connectivity index (χ1v) is 7.41. The molecule has 0 aromatic heterocycles. The van der Waals surface area contributed by atoms with E-state index in [0.717, 1.165) is 15.6 Å². The lowest BCUT2D eigenvalue weighted by molar-refractivity contribution is 0.550. The van der Waals surface area contributed by atoms with E-state index in [4.69, 9.17) is 29.0 Å². The second-order valence-electron chi connectivity index (χ2n) is 4.35. The van der Waals surface area contributed by atoms with Crippen LogP contribution >= 0.6 is 39.1 Å². The van der Waals surface area contributed by atoms with Crippen molar-refractivity contribution in [3.8, 4) is 0 Å². The largest absolute Gasteiger partial charge is 0.271 e. The highest BCUT2D eigenvalue weighted by Gasteiger charge is 2.13. The maximum atomic E-state index is 13.1. The molecular weight excluding hydrogens is 366 g/mol. The number of hydrazine groups is 1. The molecular formula is C14H12BrCl2FN2. The van der Waals surface area contributed by atoms with E-state index in [1.54, 1.807) is 18.2 Å². The molecule has 0 spiro atoms. The van der Waals surface area contributed by atoms with Gasteiger partial charge in [0.05, 0.1) is 16.1 Å². The molecule has 0 fully saturated rings. The van der Waals surface area contributed by atoms with E-state index >= 15 is 0 Å². The normalized spacial score (nSPS) is 12.4. The maximum absolute atomic E-state index is 13.1. The zero-order chi connectivity index (χ0) is 14.7. The van der Waals surface area contributed by atoms with Crippen molar-refractivity contribution in [3.05, 3.63) is 67.9 Å². The molecule has 2 aromatic carbocycles. The zero-order valence-electron chi connectivity index (χ0n) is 10.3. The highest BCUT2D eigenvalue weighted by Crippen LogP contribution is 2.28. The van der Waals surface area contributed by atoms with Crippen LogP contribution in [-0.4, -0.2) is 0 Å². The number of nitrogens with two attached hydrogens (primary N) is 1. The number of hydrogen-bond donors (Lipinski definition) is 2. The van der Waals surface area contributed by atoms with Crippen molar-refractivity contribution in [2.45, 2.75) is 12.5 Å². The molecule has 0 aliphatic rings. The Morgan fingerprint density at radius 3 is 2.50 bits per heavy atom. The van der Waals surface area contributed by atoms with Crippen LogP contribution in [-0.2, 0) is 6.42 Å². The van der Waals surface area contributed by atoms with E-state index in [-0.39, 0.29) is 11.1 Å². The SMILES string of the molecule is NNC(Cc1ccc(F)c(Cl)c1)c1ccc(Cl)c(Br)c1. The molecule has 0 saturated carbocycles. The fourth-order valence-corrected chi connectivity index (χ4v) is 2.62. The molecule has 0 aliphatic heterocycles. The van der Waals surface area contributed by atoms with Crippen LogP contribution in [0.1, 0.15) is 17.2 Å². The van der Waals surface area contributed by atoms with Crippen LogP contribution < -0.4 is 11.3 Å². The summed E-state index contributed by atoms with van der Waals surface area (Å²) < 4.78 is 13.9. The minimum atomic E-state index is -0.429. The predicted octanol–water partition coefficient (Wildman–Crippen LogP) is 4.64. The number of halogens is 4. The van der Waals surface area contributed by atoms with Gasteiger partial charge in [0.15, 0.2) is 0 Å². The van der Waals surface area contributed by atoms with Gasteiger partial charge in [0, 0.05) is 4.47 Å². The van der Waals surface area contributed by atoms with Gasteiger partial charge in [-0.15, -0.1) is 0 Å². The van der Waals surface area contributed by atoms with Crippen molar-refractivity contribution < 1.29 is 4.39 Å². The summed E-state index contributed by atoms with van der Waals surface area (Å²) in [7, 11) is 0. The van der Waals surface area contributed by atoms with Gasteiger partial charge in [-0.1, -0.05) is 35.3 Å². The summed E-state index contributed by atoms with van der Waals surface area (Å²) in [5, 5.41) is 0.741. The first-order valence-electron chi connectivity index (χ1n) is 5.86. The average molecular weight is 378 g/mol. The van der Waals surface area contributed by atoms with Crippen LogP contribution in [0.3, 0.4) is 0 Å². The van der Waals surface area contributed by atoms with E-state index in [0.29, 0.717) is 11.4 Å². The molecule has 0 radical (unpaired) electrons. The molecule has 0 bridgehead atoms. The summed E-state index contributed by atoms with van der Waals surface area (Å²) >= 11 is 15.1. The molecule has 2 rings (SSSR count). The zero-order valence-corrected chi connectivity index (χ0v) is 13.4. The highest BCUT2D eigenvalue weighted by atomic mass is 79.9. The van der Waals surface area contributed by atoms with Gasteiger partial charge in [0.1, 0.15) is 5.82 Å². The fourth-order valence-electron chi connectivity index (χ4n) is 1.90. The summed E-state index contributed by atoms with van der Waals surface area (Å²) in [6.07, 6.45) is 0.588. The van der Waals surface area contributed by atoms with Gasteiger partial charge in [0.25, 0.3) is 0 Å². The molecule has 0 amide bonds. The minimum Gasteiger partial charge on any atom is -0.271 e. The van der Waals surface area contributed by atoms with Crippen LogP contribution in [0.4, 0.5) is 4.39 Å². The van der Waals surface area contributed by atoms with E-state index in [2.05, 4.69) is 21.4 Å². The van der Waals surface area contributed by atoms with Gasteiger partial charge in [-0.2, -0.15) is 0 Å². The first-order chi connectivity index (χ1) is 9.51. The molecule has 0 saturated heterocycles. The van der Waals surface area contributed by atoms with Crippen molar-refractivity contribution in [2.24, 2.45) is 5.84 Å². The Morgan fingerprint density at radius 2 is 1.90 bits per heavy atom. The minimum absolute atomic E-state index is 0.107. The van der Waals surface area contributed by atoms with Crippen LogP contribution in [0.15, 0.2) is 40.9 Å². The van der Waals surface area contributed by atoms with Crippen LogP contribution in [0.25, 0.3) is 0 Å². The predicted molar refractivity (Wildman–Crippen MR) is 84.3 cm³/mol. The summed E-state index contributed by atoms with van der Waals surface area (Å²) in [6, 6.07) is 10.1. The average Bonchev–Trinajstić information content (AvgIpc) is 2.43. The summed E-state index contributed by atoms with van der Waals surface area (Å²) in [4.78, 5) is 0. The molecule has 106 valence electrons. The van der Waals surface area contributed by atoms with Crippen LogP contribution in [0.5, 0.6) is 0 Å². The lowest BCUT2D eigenvalue weighted by Crippen LogP contribution is -2.29. The Labute approximate surface area is 135 Å². The molecule has 2 aromatic rings. The van der Waals surface area contributed by atoms with Crippen molar-refractivity contribution in [3.63, 3.8) is 0 Å². The second kappa shape index (κ2) is 6.87. The van der Waals surface area contributed by atoms with Crippen molar-refractivity contribution in [1.29, 1.82) is 0 Å². The Balaban J connectivity index is 2.23. The topological polar surface area (TPSA) is 38.0 Å². The van der Waals surface area contributed by atoms with Gasteiger partial charge in [-0.25, -0.2) is 4.39 Å². The van der Waals surface area contributed by atoms with Gasteiger partial charge in [-0.05, 0) is 57.7 Å². The van der Waals surface area contributed by atoms with E-state index in [9.17, 15) is 4.39 Å². The Bertz CT molecular complexity index is 622. The third-order valence-corrected chi connectivity index (χ3v) is 4.47. The van der Waals surface area contributed by atoms with Gasteiger partial charge in [-0.3, -0.25) is 11.3 Å². The third-order valence-electron chi connectivity index (χ3n) is 2.97. The molecule has 20 heavy (non-hydrogen) atoms. The molecule has 0 heterocycles. The smallest absolute Gasteiger partial charge is 0.141 e. The van der Waals surface area contributed by atoms with Crippen LogP contribution in [0.2, 0.25) is 10.0 Å². The Kier molecular flexibility index (Phi) is 5.41. The summed E-state index contributed by atoms with van der Waals surface area (Å²) in [5.41, 5.74) is 4.62. The standard InChI is InChI=1S/C14H12BrCl2FN2/c15-10-7-9(2-3-11(10)16)14(20-19)6-8-1-4-13(18)12(17)5-8/h1-5,7,14,20H,6,19H2. The number of hydrogen-bond acceptors (Lipinski definition) is 2. The molecule has 1 unspecified atom stereocenters. The fraction of sp³-hybridized carbons (Fsp3) is 0.143. The molecule has 0 aliphatic carbocycles. The van der Waals surface area contributed by atoms with Gasteiger partial charge < -0.3 is 0 Å². The second-order valence-corrected chi connectivity index (χ2v) is 6.01. The molecule has 2 nitrogen and oxygen atoms in total. The monoisotopic (exact) mass is 376 g/mol. The summed E-state index contributed by atoms with van der Waals surface area (Å²) in [6.45, 7) is 0. The number of nitrogens with one attached hydrogen (secondary N) is 1.